The number of nitrogens with two attached hydrogens (primary N) is 1. The maximum Gasteiger partial charge on any atom is 0.261 e. The van der Waals surface area contributed by atoms with Gasteiger partial charge in [-0.3, -0.25) is 9.79 Å². The third kappa shape index (κ3) is 4.31. The summed E-state index contributed by atoms with van der Waals surface area (Å²) < 4.78 is 1.21. The Labute approximate surface area is 205 Å². The minimum absolute atomic E-state index is 0.0887. The van der Waals surface area contributed by atoms with Gasteiger partial charge in [-0.1, -0.05) is 18.2 Å². The van der Waals surface area contributed by atoms with E-state index in [0.717, 1.165) is 27.7 Å². The van der Waals surface area contributed by atoms with Crippen molar-refractivity contribution < 1.29 is 5.11 Å². The van der Waals surface area contributed by atoms with Gasteiger partial charge >= 0.3 is 0 Å². The number of aliphatic hydroxyl groups excluding tert-OH is 1. The van der Waals surface area contributed by atoms with Crippen LogP contribution in [0.4, 0.5) is 5.69 Å². The molecule has 0 aliphatic rings. The molecule has 2 aromatic carbocycles. The Balaban J connectivity index is 1.52. The predicted molar refractivity (Wildman–Crippen MR) is 144 cm³/mol. The Morgan fingerprint density at radius 2 is 2.11 bits per heavy atom. The molecule has 3 aromatic heterocycles. The molecular formula is C26H26N6O2S. The summed E-state index contributed by atoms with van der Waals surface area (Å²) in [6.45, 7) is 1.86. The number of imidazole rings is 1. The first-order valence-corrected chi connectivity index (χ1v) is 12.1. The summed E-state index contributed by atoms with van der Waals surface area (Å²) in [5, 5.41) is 16.8. The van der Waals surface area contributed by atoms with Gasteiger partial charge in [-0.15, -0.1) is 11.3 Å². The minimum atomic E-state index is -0.285. The Bertz CT molecular complexity index is 1610. The molecule has 0 aliphatic carbocycles. The van der Waals surface area contributed by atoms with Gasteiger partial charge in [0.1, 0.15) is 17.2 Å². The van der Waals surface area contributed by atoms with Gasteiger partial charge in [-0.05, 0) is 59.5 Å². The van der Waals surface area contributed by atoms with Crippen molar-refractivity contribution in [3.8, 4) is 11.4 Å². The molecule has 5 aromatic rings. The van der Waals surface area contributed by atoms with Crippen LogP contribution in [-0.4, -0.2) is 45.6 Å². The number of pyridine rings is 1. The van der Waals surface area contributed by atoms with Crippen molar-refractivity contribution in [1.82, 2.24) is 15.0 Å². The summed E-state index contributed by atoms with van der Waals surface area (Å²) in [6, 6.07) is 13.5. The average Bonchev–Trinajstić information content (AvgIpc) is 3.47. The minimum Gasteiger partial charge on any atom is -0.394 e. The Morgan fingerprint density at radius 1 is 1.29 bits per heavy atom. The number of anilines is 1. The van der Waals surface area contributed by atoms with Gasteiger partial charge in [0.05, 0.1) is 29.4 Å². The number of hydrogen-bond donors (Lipinski definition) is 5. The van der Waals surface area contributed by atoms with Crippen LogP contribution < -0.4 is 16.6 Å². The summed E-state index contributed by atoms with van der Waals surface area (Å²) in [6.07, 6.45) is 2.21. The van der Waals surface area contributed by atoms with Gasteiger partial charge in [0.25, 0.3) is 5.56 Å². The topological polar surface area (TPSA) is 132 Å². The first-order chi connectivity index (χ1) is 17.0. The van der Waals surface area contributed by atoms with Crippen LogP contribution in [0.25, 0.3) is 32.5 Å². The van der Waals surface area contributed by atoms with Crippen LogP contribution in [0.5, 0.6) is 0 Å². The Hall–Kier alpha value is -3.95. The van der Waals surface area contributed by atoms with Crippen molar-refractivity contribution >= 4 is 44.0 Å². The largest absolute Gasteiger partial charge is 0.394 e. The number of fused-ring (bicyclic) bond motifs is 2. The molecule has 0 saturated carbocycles. The average molecular weight is 487 g/mol. The number of rotatable bonds is 7. The van der Waals surface area contributed by atoms with Crippen molar-refractivity contribution in [2.75, 3.05) is 19.0 Å². The molecule has 3 heterocycles. The maximum absolute atomic E-state index is 12.9. The zero-order chi connectivity index (χ0) is 24.5. The number of thiophene rings is 1. The fourth-order valence-corrected chi connectivity index (χ4v) is 5.33. The highest BCUT2D eigenvalue weighted by Gasteiger charge is 2.19. The van der Waals surface area contributed by atoms with Crippen molar-refractivity contribution in [2.24, 2.45) is 10.7 Å². The first-order valence-electron chi connectivity index (χ1n) is 11.3. The van der Waals surface area contributed by atoms with Gasteiger partial charge in [0, 0.05) is 23.5 Å². The molecule has 0 bridgehead atoms. The molecule has 9 heteroatoms. The fraction of sp³-hybridized carbons (Fsp3) is 0.192. The summed E-state index contributed by atoms with van der Waals surface area (Å²) in [5.41, 5.74) is 11.1. The highest BCUT2D eigenvalue weighted by molar-refractivity contribution is 7.17. The van der Waals surface area contributed by atoms with Crippen molar-refractivity contribution in [2.45, 2.75) is 19.4 Å². The van der Waals surface area contributed by atoms with E-state index in [1.807, 2.05) is 31.2 Å². The SMILES string of the molecule is C/N=C(\N)c1cc(C)c2nc(-c3c(N[C@H](CO)Cc4csc5ccccc45)cc[nH]c3=O)[nH]c2c1. The van der Waals surface area contributed by atoms with E-state index in [1.54, 1.807) is 30.6 Å². The third-order valence-electron chi connectivity index (χ3n) is 6.12. The molecule has 178 valence electrons. The zero-order valence-electron chi connectivity index (χ0n) is 19.4. The molecular weight excluding hydrogens is 460 g/mol. The molecule has 1 atom stereocenters. The van der Waals surface area contributed by atoms with Gasteiger partial charge in [0.2, 0.25) is 0 Å². The first kappa shape index (κ1) is 22.8. The smallest absolute Gasteiger partial charge is 0.261 e. The van der Waals surface area contributed by atoms with Crippen LogP contribution >= 0.6 is 11.3 Å². The molecule has 0 spiro atoms. The molecule has 0 unspecified atom stereocenters. The molecule has 0 amide bonds. The molecule has 35 heavy (non-hydrogen) atoms. The summed E-state index contributed by atoms with van der Waals surface area (Å²) >= 11 is 1.69. The molecule has 6 N–H and O–H groups in total. The number of nitrogens with one attached hydrogen (secondary N) is 3. The van der Waals surface area contributed by atoms with E-state index in [4.69, 9.17) is 10.7 Å². The highest BCUT2D eigenvalue weighted by atomic mass is 32.1. The van der Waals surface area contributed by atoms with Crippen LogP contribution in [0.1, 0.15) is 16.7 Å². The lowest BCUT2D eigenvalue weighted by molar-refractivity contribution is 0.274. The molecule has 0 fully saturated rings. The number of hydrogen-bond acceptors (Lipinski definition) is 6. The second kappa shape index (κ2) is 9.36. The summed E-state index contributed by atoms with van der Waals surface area (Å²) in [4.78, 5) is 27.7. The van der Waals surface area contributed by atoms with E-state index >= 15 is 0 Å². The van der Waals surface area contributed by atoms with E-state index in [0.29, 0.717) is 29.3 Å². The fourth-order valence-electron chi connectivity index (χ4n) is 4.36. The van der Waals surface area contributed by atoms with Crippen molar-refractivity contribution in [3.63, 3.8) is 0 Å². The van der Waals surface area contributed by atoms with E-state index in [1.165, 1.54) is 10.1 Å². The molecule has 0 radical (unpaired) electrons. The van der Waals surface area contributed by atoms with E-state index < -0.39 is 0 Å². The number of H-pyrrole nitrogens is 2. The number of aromatic amines is 2. The molecule has 0 aliphatic heterocycles. The lowest BCUT2D eigenvalue weighted by atomic mass is 10.0. The van der Waals surface area contributed by atoms with Crippen LogP contribution in [0, 0.1) is 6.92 Å². The molecule has 0 saturated heterocycles. The number of aromatic nitrogens is 3. The van der Waals surface area contributed by atoms with Gasteiger partial charge < -0.3 is 26.1 Å². The maximum atomic E-state index is 12.9. The third-order valence-corrected chi connectivity index (χ3v) is 7.13. The van der Waals surface area contributed by atoms with E-state index in [2.05, 4.69) is 37.8 Å². The summed E-state index contributed by atoms with van der Waals surface area (Å²) in [5.74, 6) is 0.868. The number of amidine groups is 1. The van der Waals surface area contributed by atoms with Crippen LogP contribution in [-0.2, 0) is 6.42 Å². The Morgan fingerprint density at radius 3 is 2.91 bits per heavy atom. The summed E-state index contributed by atoms with van der Waals surface area (Å²) in [7, 11) is 1.64. The Kier molecular flexibility index (Phi) is 6.10. The number of aliphatic imine (C=N–C) groups is 1. The van der Waals surface area contributed by atoms with Gasteiger partial charge in [-0.2, -0.15) is 0 Å². The van der Waals surface area contributed by atoms with Crippen LogP contribution in [0.3, 0.4) is 0 Å². The predicted octanol–water partition coefficient (Wildman–Crippen LogP) is 3.79. The van der Waals surface area contributed by atoms with Gasteiger partial charge in [0.15, 0.2) is 0 Å². The zero-order valence-corrected chi connectivity index (χ0v) is 20.2. The lowest BCUT2D eigenvalue weighted by Gasteiger charge is -2.19. The lowest BCUT2D eigenvalue weighted by Crippen LogP contribution is -2.27. The standard InChI is InChI=1S/C26H26N6O2S/c1-14-9-15(24(27)28-2)11-20-23(14)32-25(31-20)22-19(7-8-29-26(22)34)30-17(12-33)10-16-13-35-21-6-4-3-5-18(16)21/h3-9,11,13,17,33H,10,12H2,1-2H3,(H2,27,28)(H,31,32)(H2,29,30,34)/t17-/m0/s1. The van der Waals surface area contributed by atoms with E-state index in [-0.39, 0.29) is 18.2 Å². The van der Waals surface area contributed by atoms with Crippen LogP contribution in [0.2, 0.25) is 0 Å². The van der Waals surface area contributed by atoms with Crippen molar-refractivity contribution in [3.05, 3.63) is 81.1 Å². The van der Waals surface area contributed by atoms with Crippen molar-refractivity contribution in [1.29, 1.82) is 0 Å². The monoisotopic (exact) mass is 486 g/mol. The second-order valence-electron chi connectivity index (χ2n) is 8.46. The van der Waals surface area contributed by atoms with E-state index in [9.17, 15) is 9.90 Å². The molecule has 8 nitrogen and oxygen atoms in total. The number of aryl methyl sites for hydroxylation is 1. The van der Waals surface area contributed by atoms with Crippen LogP contribution in [0.15, 0.2) is 63.8 Å². The second-order valence-corrected chi connectivity index (χ2v) is 9.38. The van der Waals surface area contributed by atoms with Gasteiger partial charge in [-0.25, -0.2) is 4.98 Å². The number of aliphatic hydroxyl groups is 1. The quantitative estimate of drug-likeness (QED) is 0.176. The molecule has 5 rings (SSSR count). The number of benzene rings is 2. The highest BCUT2D eigenvalue weighted by Crippen LogP contribution is 2.29. The number of nitrogens with zero attached hydrogens (tertiary/aromatic N) is 2. The normalized spacial score (nSPS) is 12.9.